The third kappa shape index (κ3) is 5.00. The van der Waals surface area contributed by atoms with Crippen molar-refractivity contribution in [3.05, 3.63) is 62.7 Å². The molecule has 0 aromatic heterocycles. The number of likely N-dealkylation sites (N-methyl/N-ethyl adjacent to an activating group) is 1. The van der Waals surface area contributed by atoms with Crippen molar-refractivity contribution in [2.24, 2.45) is 0 Å². The molecule has 0 spiro atoms. The summed E-state index contributed by atoms with van der Waals surface area (Å²) >= 11 is 4.41. The molecule has 2 amide bonds. The zero-order chi connectivity index (χ0) is 21.0. The lowest BCUT2D eigenvalue weighted by molar-refractivity contribution is -0.122. The molecule has 0 unspecified atom stereocenters. The normalized spacial score (nSPS) is 15.3. The average Bonchev–Trinajstić information content (AvgIpc) is 2.95. The van der Waals surface area contributed by atoms with Gasteiger partial charge in [0.15, 0.2) is 11.5 Å². The van der Waals surface area contributed by atoms with Gasteiger partial charge in [-0.25, -0.2) is 4.39 Å². The van der Waals surface area contributed by atoms with E-state index >= 15 is 0 Å². The lowest BCUT2D eigenvalue weighted by atomic mass is 10.1. The quantitative estimate of drug-likeness (QED) is 0.482. The van der Waals surface area contributed by atoms with Gasteiger partial charge in [-0.2, -0.15) is 0 Å². The van der Waals surface area contributed by atoms with Gasteiger partial charge in [-0.05, 0) is 83.0 Å². The Labute approximate surface area is 181 Å². The summed E-state index contributed by atoms with van der Waals surface area (Å²) in [5.74, 6) is 0.412. The van der Waals surface area contributed by atoms with E-state index in [0.29, 0.717) is 39.6 Å². The third-order valence-electron chi connectivity index (χ3n) is 4.12. The Bertz CT molecular complexity index is 962. The molecule has 1 saturated heterocycles. The summed E-state index contributed by atoms with van der Waals surface area (Å²) in [4.78, 5) is 25.8. The highest BCUT2D eigenvalue weighted by Gasteiger charge is 2.33. The predicted molar refractivity (Wildman–Crippen MR) is 114 cm³/mol. The van der Waals surface area contributed by atoms with Crippen LogP contribution >= 0.6 is 27.7 Å². The van der Waals surface area contributed by atoms with Crippen LogP contribution in [0, 0.1) is 5.82 Å². The number of benzene rings is 2. The smallest absolute Gasteiger partial charge is 0.293 e. The van der Waals surface area contributed by atoms with Crippen LogP contribution in [0.5, 0.6) is 11.5 Å². The van der Waals surface area contributed by atoms with E-state index in [2.05, 4.69) is 15.9 Å². The van der Waals surface area contributed by atoms with E-state index in [4.69, 9.17) is 9.47 Å². The van der Waals surface area contributed by atoms with E-state index in [-0.39, 0.29) is 23.6 Å². The molecule has 152 valence electrons. The first-order valence-corrected chi connectivity index (χ1v) is 10.6. The first-order valence-electron chi connectivity index (χ1n) is 9.01. The maximum atomic E-state index is 13.1. The number of amides is 2. The van der Waals surface area contributed by atoms with Gasteiger partial charge in [0.2, 0.25) is 0 Å². The van der Waals surface area contributed by atoms with Crippen molar-refractivity contribution in [1.29, 1.82) is 0 Å². The van der Waals surface area contributed by atoms with Crippen molar-refractivity contribution in [3.63, 3.8) is 0 Å². The molecule has 8 heteroatoms. The van der Waals surface area contributed by atoms with Gasteiger partial charge >= 0.3 is 0 Å². The van der Waals surface area contributed by atoms with Gasteiger partial charge in [-0.3, -0.25) is 14.5 Å². The third-order valence-corrected chi connectivity index (χ3v) is 5.61. The summed E-state index contributed by atoms with van der Waals surface area (Å²) in [6, 6.07) is 9.62. The molecule has 0 atom stereocenters. The molecule has 0 bridgehead atoms. The molecule has 0 aliphatic carbocycles. The van der Waals surface area contributed by atoms with E-state index in [1.165, 1.54) is 17.0 Å². The van der Waals surface area contributed by atoms with Gasteiger partial charge in [0.25, 0.3) is 11.1 Å². The van der Waals surface area contributed by atoms with Gasteiger partial charge in [0.05, 0.1) is 16.0 Å². The second-order valence-electron chi connectivity index (χ2n) is 6.10. The van der Waals surface area contributed by atoms with Crippen molar-refractivity contribution >= 4 is 44.9 Å². The van der Waals surface area contributed by atoms with Gasteiger partial charge in [-0.1, -0.05) is 12.1 Å². The fraction of sp³-hybridized carbons (Fsp3) is 0.238. The summed E-state index contributed by atoms with van der Waals surface area (Å²) in [6.45, 7) is 4.63. The molecule has 1 fully saturated rings. The second kappa shape index (κ2) is 9.45. The van der Waals surface area contributed by atoms with Crippen LogP contribution in [0.3, 0.4) is 0 Å². The number of halogens is 2. The standard InChI is InChI=1S/C21H19BrFNO4S/c1-3-24-20(25)18(29-21(24)26)11-14-9-16(22)19(17(10-14)27-4-2)28-12-13-5-7-15(23)8-6-13/h5-11H,3-4,12H2,1-2H3. The topological polar surface area (TPSA) is 55.8 Å². The number of hydrogen-bond donors (Lipinski definition) is 0. The van der Waals surface area contributed by atoms with Crippen molar-refractivity contribution in [2.75, 3.05) is 13.2 Å². The lowest BCUT2D eigenvalue weighted by Gasteiger charge is -2.15. The molecular weight excluding hydrogens is 461 g/mol. The van der Waals surface area contributed by atoms with E-state index in [9.17, 15) is 14.0 Å². The van der Waals surface area contributed by atoms with Crippen molar-refractivity contribution in [1.82, 2.24) is 4.90 Å². The monoisotopic (exact) mass is 479 g/mol. The SMILES string of the molecule is CCOc1cc(C=C2SC(=O)N(CC)C2=O)cc(Br)c1OCc1ccc(F)cc1. The minimum Gasteiger partial charge on any atom is -0.490 e. The maximum absolute atomic E-state index is 13.1. The highest BCUT2D eigenvalue weighted by atomic mass is 79.9. The zero-order valence-corrected chi connectivity index (χ0v) is 18.3. The molecule has 1 heterocycles. The number of imide groups is 1. The Morgan fingerprint density at radius 3 is 2.48 bits per heavy atom. The van der Waals surface area contributed by atoms with E-state index < -0.39 is 0 Å². The second-order valence-corrected chi connectivity index (χ2v) is 7.95. The minimum atomic E-state index is -0.304. The molecule has 5 nitrogen and oxygen atoms in total. The van der Waals surface area contributed by atoms with Gasteiger partial charge < -0.3 is 9.47 Å². The summed E-state index contributed by atoms with van der Waals surface area (Å²) in [5.41, 5.74) is 1.52. The first-order chi connectivity index (χ1) is 13.9. The molecule has 3 rings (SSSR count). The van der Waals surface area contributed by atoms with E-state index in [1.54, 1.807) is 37.3 Å². The van der Waals surface area contributed by atoms with Crippen molar-refractivity contribution in [2.45, 2.75) is 20.5 Å². The molecule has 0 radical (unpaired) electrons. The highest BCUT2D eigenvalue weighted by Crippen LogP contribution is 2.39. The number of carbonyl (C=O) groups excluding carboxylic acids is 2. The molecular formula is C21H19BrFNO4S. The molecule has 0 N–H and O–H groups in total. The Morgan fingerprint density at radius 2 is 1.86 bits per heavy atom. The lowest BCUT2D eigenvalue weighted by Crippen LogP contribution is -2.27. The Kier molecular flexibility index (Phi) is 6.97. The van der Waals surface area contributed by atoms with Crippen molar-refractivity contribution < 1.29 is 23.5 Å². The molecule has 1 aliphatic rings. The molecule has 29 heavy (non-hydrogen) atoms. The fourth-order valence-electron chi connectivity index (χ4n) is 2.73. The van der Waals surface area contributed by atoms with Crippen LogP contribution in [0.2, 0.25) is 0 Å². The number of carbonyl (C=O) groups is 2. The molecule has 0 saturated carbocycles. The van der Waals surface area contributed by atoms with E-state index in [0.717, 1.165) is 17.3 Å². The summed E-state index contributed by atoms with van der Waals surface area (Å²) in [5, 5.41) is -0.271. The van der Waals surface area contributed by atoms with Crippen molar-refractivity contribution in [3.8, 4) is 11.5 Å². The minimum absolute atomic E-state index is 0.244. The Balaban J connectivity index is 1.86. The maximum Gasteiger partial charge on any atom is 0.293 e. The molecule has 2 aromatic carbocycles. The first kappa shape index (κ1) is 21.4. The van der Waals surface area contributed by atoms with Crippen LogP contribution in [0.4, 0.5) is 9.18 Å². The number of nitrogens with zero attached hydrogens (tertiary/aromatic N) is 1. The predicted octanol–water partition coefficient (Wildman–Crippen LogP) is 5.62. The van der Waals surface area contributed by atoms with Gasteiger partial charge in [-0.15, -0.1) is 0 Å². The largest absolute Gasteiger partial charge is 0.490 e. The number of ether oxygens (including phenoxy) is 2. The zero-order valence-electron chi connectivity index (χ0n) is 15.9. The number of rotatable bonds is 7. The van der Waals surface area contributed by atoms with Gasteiger partial charge in [0.1, 0.15) is 12.4 Å². The van der Waals surface area contributed by atoms with Crippen LogP contribution in [0.25, 0.3) is 6.08 Å². The summed E-state index contributed by atoms with van der Waals surface area (Å²) in [7, 11) is 0. The van der Waals surface area contributed by atoms with Gasteiger partial charge in [0, 0.05) is 6.54 Å². The molecule has 1 aliphatic heterocycles. The average molecular weight is 480 g/mol. The summed E-state index contributed by atoms with van der Waals surface area (Å²) in [6.07, 6.45) is 1.66. The number of thioether (sulfide) groups is 1. The Morgan fingerprint density at radius 1 is 1.14 bits per heavy atom. The van der Waals surface area contributed by atoms with Crippen LogP contribution in [0.15, 0.2) is 45.8 Å². The van der Waals surface area contributed by atoms with Crippen LogP contribution < -0.4 is 9.47 Å². The molecule has 2 aromatic rings. The fourth-order valence-corrected chi connectivity index (χ4v) is 4.21. The van der Waals surface area contributed by atoms with E-state index in [1.807, 2.05) is 6.92 Å². The number of hydrogen-bond acceptors (Lipinski definition) is 5. The van der Waals surface area contributed by atoms with Crippen LogP contribution in [-0.2, 0) is 11.4 Å². The van der Waals surface area contributed by atoms with Crippen LogP contribution in [-0.4, -0.2) is 29.2 Å². The highest BCUT2D eigenvalue weighted by molar-refractivity contribution is 9.10. The Hall–Kier alpha value is -2.32. The summed E-state index contributed by atoms with van der Waals surface area (Å²) < 4.78 is 25.3. The van der Waals surface area contributed by atoms with Crippen LogP contribution in [0.1, 0.15) is 25.0 Å².